The lowest BCUT2D eigenvalue weighted by atomic mass is 9.93. The standard InChI is InChI=1S/C17H16FN3OS2/c18-14-7-6-13(23-14)17-10-19-8-12(17)9-20-16(24-17)21-15(22)11-4-2-1-3-5-11/h1-7,12,19H,8-10H2,(H,20,21,22). The van der Waals surface area contributed by atoms with Crippen LogP contribution in [-0.4, -0.2) is 30.7 Å². The number of fused-ring (bicyclic) bond motifs is 1. The minimum atomic E-state index is -0.254. The summed E-state index contributed by atoms with van der Waals surface area (Å²) in [5.41, 5.74) is 0.601. The van der Waals surface area contributed by atoms with Crippen molar-refractivity contribution in [3.63, 3.8) is 0 Å². The first-order valence-electron chi connectivity index (χ1n) is 7.74. The molecule has 2 aliphatic rings. The summed E-state index contributed by atoms with van der Waals surface area (Å²) in [5, 5.41) is 6.73. The van der Waals surface area contributed by atoms with E-state index in [1.54, 1.807) is 12.1 Å². The lowest BCUT2D eigenvalue weighted by molar-refractivity contribution is 0.0977. The van der Waals surface area contributed by atoms with E-state index in [0.717, 1.165) is 18.0 Å². The van der Waals surface area contributed by atoms with Crippen molar-refractivity contribution in [2.45, 2.75) is 4.75 Å². The molecule has 0 bridgehead atoms. The van der Waals surface area contributed by atoms with Crippen LogP contribution in [0.1, 0.15) is 15.2 Å². The number of amides is 1. The third kappa shape index (κ3) is 2.76. The van der Waals surface area contributed by atoms with E-state index in [4.69, 9.17) is 0 Å². The lowest BCUT2D eigenvalue weighted by Crippen LogP contribution is -2.41. The van der Waals surface area contributed by atoms with E-state index < -0.39 is 0 Å². The van der Waals surface area contributed by atoms with Crippen molar-refractivity contribution < 1.29 is 9.18 Å². The zero-order valence-corrected chi connectivity index (χ0v) is 14.4. The molecule has 1 fully saturated rings. The summed E-state index contributed by atoms with van der Waals surface area (Å²) >= 11 is 2.72. The molecule has 4 rings (SSSR count). The number of thiophene rings is 1. The zero-order chi connectivity index (χ0) is 16.6. The Morgan fingerprint density at radius 3 is 2.88 bits per heavy atom. The van der Waals surface area contributed by atoms with Gasteiger partial charge in [0, 0.05) is 36.0 Å². The molecule has 2 atom stereocenters. The molecule has 3 heterocycles. The molecule has 124 valence electrons. The van der Waals surface area contributed by atoms with E-state index in [2.05, 4.69) is 15.6 Å². The quantitative estimate of drug-likeness (QED) is 0.865. The van der Waals surface area contributed by atoms with Crippen LogP contribution < -0.4 is 10.6 Å². The zero-order valence-electron chi connectivity index (χ0n) is 12.8. The van der Waals surface area contributed by atoms with E-state index in [1.165, 1.54) is 29.2 Å². The normalized spacial score (nSPS) is 25.9. The molecule has 2 aromatic rings. The van der Waals surface area contributed by atoms with Gasteiger partial charge in [-0.1, -0.05) is 30.0 Å². The van der Waals surface area contributed by atoms with E-state index >= 15 is 0 Å². The van der Waals surface area contributed by atoms with Crippen LogP contribution in [0.15, 0.2) is 47.5 Å². The van der Waals surface area contributed by atoms with Crippen LogP contribution in [0, 0.1) is 11.0 Å². The first-order valence-corrected chi connectivity index (χ1v) is 9.37. The van der Waals surface area contributed by atoms with E-state index in [0.29, 0.717) is 23.2 Å². The summed E-state index contributed by atoms with van der Waals surface area (Å²) in [6, 6.07) is 12.4. The van der Waals surface area contributed by atoms with Gasteiger partial charge in [0.25, 0.3) is 5.91 Å². The van der Waals surface area contributed by atoms with Gasteiger partial charge in [0.1, 0.15) is 0 Å². The minimum Gasteiger partial charge on any atom is -0.315 e. The Kier molecular flexibility index (Phi) is 4.15. The molecular formula is C17H16FN3OS2. The van der Waals surface area contributed by atoms with Crippen LogP contribution in [0.25, 0.3) is 0 Å². The highest BCUT2D eigenvalue weighted by molar-refractivity contribution is 8.14. The van der Waals surface area contributed by atoms with Crippen molar-refractivity contribution in [1.29, 1.82) is 0 Å². The fourth-order valence-electron chi connectivity index (χ4n) is 3.17. The topological polar surface area (TPSA) is 53.5 Å². The number of aliphatic imine (C=N–C) groups is 1. The number of rotatable bonds is 2. The molecule has 1 aromatic heterocycles. The fourth-order valence-corrected chi connectivity index (χ4v) is 5.61. The molecular weight excluding hydrogens is 345 g/mol. The SMILES string of the molecule is O=C(NC1=NCC2CNCC2(c2ccc(F)s2)S1)c1ccccc1. The van der Waals surface area contributed by atoms with Crippen molar-refractivity contribution >= 4 is 34.2 Å². The van der Waals surface area contributed by atoms with E-state index in [-0.39, 0.29) is 15.8 Å². The number of nitrogens with one attached hydrogen (secondary N) is 2. The Hall–Kier alpha value is -1.70. The molecule has 24 heavy (non-hydrogen) atoms. The van der Waals surface area contributed by atoms with Gasteiger partial charge < -0.3 is 10.6 Å². The van der Waals surface area contributed by atoms with Gasteiger partial charge in [0.15, 0.2) is 10.3 Å². The third-order valence-corrected chi connectivity index (χ3v) is 7.09. The fraction of sp³-hybridized carbons (Fsp3) is 0.294. The Morgan fingerprint density at radius 2 is 2.12 bits per heavy atom. The van der Waals surface area contributed by atoms with Gasteiger partial charge in [-0.25, -0.2) is 0 Å². The number of halogens is 1. The van der Waals surface area contributed by atoms with Crippen molar-refractivity contribution in [2.24, 2.45) is 10.9 Å². The maximum absolute atomic E-state index is 13.6. The van der Waals surface area contributed by atoms with Gasteiger partial charge in [-0.15, -0.1) is 11.3 Å². The molecule has 1 amide bonds. The number of benzene rings is 1. The summed E-state index contributed by atoms with van der Waals surface area (Å²) in [5.74, 6) is 0.136. The minimum absolute atomic E-state index is 0.168. The second kappa shape index (κ2) is 6.31. The molecule has 0 saturated carbocycles. The van der Waals surface area contributed by atoms with E-state index in [9.17, 15) is 9.18 Å². The Morgan fingerprint density at radius 1 is 1.29 bits per heavy atom. The highest BCUT2D eigenvalue weighted by Crippen LogP contribution is 2.50. The summed E-state index contributed by atoms with van der Waals surface area (Å²) < 4.78 is 13.3. The van der Waals surface area contributed by atoms with Crippen LogP contribution in [0.3, 0.4) is 0 Å². The van der Waals surface area contributed by atoms with Gasteiger partial charge in [0.05, 0.1) is 4.75 Å². The van der Waals surface area contributed by atoms with Crippen LogP contribution in [0.4, 0.5) is 4.39 Å². The largest absolute Gasteiger partial charge is 0.315 e. The predicted octanol–water partition coefficient (Wildman–Crippen LogP) is 2.83. The number of thioether (sulfide) groups is 1. The second-order valence-electron chi connectivity index (χ2n) is 5.89. The lowest BCUT2D eigenvalue weighted by Gasteiger charge is -2.36. The number of hydrogen-bond acceptors (Lipinski definition) is 5. The van der Waals surface area contributed by atoms with Crippen LogP contribution in [-0.2, 0) is 4.75 Å². The molecule has 7 heteroatoms. The third-order valence-electron chi connectivity index (χ3n) is 4.42. The maximum atomic E-state index is 13.6. The number of nitrogens with zero attached hydrogens (tertiary/aromatic N) is 1. The van der Waals surface area contributed by atoms with Gasteiger partial charge in [-0.3, -0.25) is 9.79 Å². The maximum Gasteiger partial charge on any atom is 0.257 e. The highest BCUT2D eigenvalue weighted by atomic mass is 32.2. The Balaban J connectivity index is 1.57. The summed E-state index contributed by atoms with van der Waals surface area (Å²) in [6.45, 7) is 2.24. The summed E-state index contributed by atoms with van der Waals surface area (Å²) in [7, 11) is 0. The van der Waals surface area contributed by atoms with Crippen LogP contribution >= 0.6 is 23.1 Å². The number of carbonyl (C=O) groups is 1. The van der Waals surface area contributed by atoms with Crippen molar-refractivity contribution in [2.75, 3.05) is 19.6 Å². The molecule has 2 aliphatic heterocycles. The van der Waals surface area contributed by atoms with Crippen molar-refractivity contribution in [1.82, 2.24) is 10.6 Å². The van der Waals surface area contributed by atoms with Gasteiger partial charge in [-0.05, 0) is 24.3 Å². The van der Waals surface area contributed by atoms with Crippen LogP contribution in [0.2, 0.25) is 0 Å². The molecule has 4 nitrogen and oxygen atoms in total. The first-order chi connectivity index (χ1) is 11.7. The second-order valence-corrected chi connectivity index (χ2v) is 8.24. The molecule has 1 saturated heterocycles. The average molecular weight is 361 g/mol. The van der Waals surface area contributed by atoms with Crippen molar-refractivity contribution in [3.8, 4) is 0 Å². The molecule has 2 unspecified atom stereocenters. The number of amidine groups is 1. The smallest absolute Gasteiger partial charge is 0.257 e. The molecule has 2 N–H and O–H groups in total. The first kappa shape index (κ1) is 15.8. The molecule has 1 aromatic carbocycles. The average Bonchev–Trinajstić information content (AvgIpc) is 3.22. The van der Waals surface area contributed by atoms with Gasteiger partial charge >= 0.3 is 0 Å². The Bertz CT molecular complexity index is 792. The number of carbonyl (C=O) groups excluding carboxylic acids is 1. The molecule has 0 spiro atoms. The predicted molar refractivity (Wildman–Crippen MR) is 96.1 cm³/mol. The highest BCUT2D eigenvalue weighted by Gasteiger charge is 2.49. The summed E-state index contributed by atoms with van der Waals surface area (Å²) in [6.07, 6.45) is 0. The van der Waals surface area contributed by atoms with E-state index in [1.807, 2.05) is 24.3 Å². The monoisotopic (exact) mass is 361 g/mol. The van der Waals surface area contributed by atoms with Crippen molar-refractivity contribution in [3.05, 3.63) is 58.0 Å². The summed E-state index contributed by atoms with van der Waals surface area (Å²) in [4.78, 5) is 17.9. The number of hydrogen-bond donors (Lipinski definition) is 2. The van der Waals surface area contributed by atoms with Crippen LogP contribution in [0.5, 0.6) is 0 Å². The molecule has 0 radical (unpaired) electrons. The Labute approximate surface area is 147 Å². The molecule has 0 aliphatic carbocycles. The van der Waals surface area contributed by atoms with Gasteiger partial charge in [-0.2, -0.15) is 4.39 Å². The van der Waals surface area contributed by atoms with Gasteiger partial charge in [0.2, 0.25) is 0 Å².